The Kier molecular flexibility index (Phi) is 6.57. The number of benzene rings is 2. The van der Waals surface area contributed by atoms with Crippen molar-refractivity contribution in [2.75, 3.05) is 19.7 Å². The first kappa shape index (κ1) is 24.5. The van der Waals surface area contributed by atoms with Crippen LogP contribution in [0.3, 0.4) is 0 Å². The van der Waals surface area contributed by atoms with E-state index in [1.165, 1.54) is 0 Å². The molecular weight excluding hydrogens is 476 g/mol. The molecule has 1 saturated carbocycles. The lowest BCUT2D eigenvalue weighted by atomic mass is 9.77. The number of rotatable bonds is 7. The second kappa shape index (κ2) is 9.67. The maximum Gasteiger partial charge on any atom is 0.410 e. The van der Waals surface area contributed by atoms with Crippen LogP contribution in [-0.4, -0.2) is 45.8 Å². The summed E-state index contributed by atoms with van der Waals surface area (Å²) in [6.45, 7) is 14.0. The molecule has 2 aliphatic rings. The normalized spacial score (nSPS) is 22.1. The van der Waals surface area contributed by atoms with Crippen molar-refractivity contribution in [3.05, 3.63) is 65.2 Å². The van der Waals surface area contributed by atoms with E-state index in [1.807, 2.05) is 35.5 Å². The van der Waals surface area contributed by atoms with Gasteiger partial charge in [-0.1, -0.05) is 31.5 Å². The number of ether oxygens (including phenoxy) is 2. The van der Waals surface area contributed by atoms with Crippen molar-refractivity contribution in [2.45, 2.75) is 51.7 Å². The largest absolute Gasteiger partial charge is 0.493 e. The second-order valence-corrected chi connectivity index (χ2v) is 11.4. The molecule has 0 unspecified atom stereocenters. The van der Waals surface area contributed by atoms with E-state index in [-0.39, 0.29) is 11.5 Å². The molecule has 3 aromatic rings. The van der Waals surface area contributed by atoms with Gasteiger partial charge in [-0.2, -0.15) is 0 Å². The van der Waals surface area contributed by atoms with E-state index in [1.54, 1.807) is 18.2 Å². The lowest BCUT2D eigenvalue weighted by Crippen LogP contribution is -2.43. The minimum Gasteiger partial charge on any atom is -0.493 e. The van der Waals surface area contributed by atoms with Crippen molar-refractivity contribution < 1.29 is 14.3 Å². The smallest absolute Gasteiger partial charge is 0.410 e. The molecular formula is C28H31ClN4O3. The highest BCUT2D eigenvalue weighted by Gasteiger charge is 2.48. The number of nitrogens with zero attached hydrogens (tertiary/aromatic N) is 4. The number of halogens is 1. The molecule has 2 heterocycles. The number of imidazole rings is 1. The zero-order chi connectivity index (χ0) is 25.3. The zero-order valence-electron chi connectivity index (χ0n) is 20.7. The van der Waals surface area contributed by atoms with E-state index in [9.17, 15) is 4.79 Å². The molecule has 0 radical (unpaired) electrons. The number of hydrogen-bond acceptors (Lipinski definition) is 4. The first-order chi connectivity index (χ1) is 17.2. The van der Waals surface area contributed by atoms with E-state index in [2.05, 4.69) is 28.2 Å². The van der Waals surface area contributed by atoms with Crippen LogP contribution >= 0.6 is 11.6 Å². The molecule has 2 atom stereocenters. The summed E-state index contributed by atoms with van der Waals surface area (Å²) in [5, 5.41) is 0.673. The molecule has 0 N–H and O–H groups in total. The molecule has 1 aliphatic heterocycles. The third-order valence-corrected chi connectivity index (χ3v) is 7.45. The highest BCUT2D eigenvalue weighted by atomic mass is 35.5. The molecule has 5 rings (SSSR count). The lowest BCUT2D eigenvalue weighted by Gasteiger charge is -2.36. The molecule has 8 heteroatoms. The Balaban J connectivity index is 1.22. The minimum absolute atomic E-state index is 0.231. The average Bonchev–Trinajstić information content (AvgIpc) is 3.37. The molecule has 2 aromatic carbocycles. The number of fused-ring (bicyclic) bond motifs is 1. The Morgan fingerprint density at radius 1 is 1.28 bits per heavy atom. The van der Waals surface area contributed by atoms with Crippen LogP contribution in [0.5, 0.6) is 5.75 Å². The number of aromatic nitrogens is 2. The molecule has 2 fully saturated rings. The van der Waals surface area contributed by atoms with Crippen LogP contribution in [0.4, 0.5) is 10.5 Å². The van der Waals surface area contributed by atoms with Crippen molar-refractivity contribution in [1.29, 1.82) is 0 Å². The Morgan fingerprint density at radius 3 is 2.86 bits per heavy atom. The van der Waals surface area contributed by atoms with Crippen molar-refractivity contribution in [1.82, 2.24) is 14.5 Å². The fourth-order valence-corrected chi connectivity index (χ4v) is 5.69. The quantitative estimate of drug-likeness (QED) is 0.333. The van der Waals surface area contributed by atoms with Crippen LogP contribution < -0.4 is 4.74 Å². The fraction of sp³-hybridized carbons (Fsp3) is 0.464. The molecule has 1 amide bonds. The van der Waals surface area contributed by atoms with Gasteiger partial charge in [0.15, 0.2) is 5.69 Å². The van der Waals surface area contributed by atoms with Gasteiger partial charge in [0.05, 0.1) is 37.1 Å². The van der Waals surface area contributed by atoms with Crippen LogP contribution in [0.2, 0.25) is 5.02 Å². The maximum atomic E-state index is 12.9. The maximum absolute atomic E-state index is 12.9. The van der Waals surface area contributed by atoms with E-state index >= 15 is 0 Å². The van der Waals surface area contributed by atoms with Crippen molar-refractivity contribution >= 4 is 34.4 Å². The summed E-state index contributed by atoms with van der Waals surface area (Å²) in [4.78, 5) is 22.8. The Bertz CT molecular complexity index is 1300. The monoisotopic (exact) mass is 506 g/mol. The molecule has 0 bridgehead atoms. The minimum atomic E-state index is -0.439. The molecule has 7 nitrogen and oxygen atoms in total. The van der Waals surface area contributed by atoms with Gasteiger partial charge in [-0.3, -0.25) is 0 Å². The highest BCUT2D eigenvalue weighted by Crippen LogP contribution is 2.41. The predicted octanol–water partition coefficient (Wildman–Crippen LogP) is 6.73. The van der Waals surface area contributed by atoms with E-state index in [0.29, 0.717) is 36.3 Å². The van der Waals surface area contributed by atoms with Gasteiger partial charge in [0.2, 0.25) is 0 Å². The molecule has 1 aromatic heterocycles. The van der Waals surface area contributed by atoms with Crippen LogP contribution in [0.1, 0.15) is 39.5 Å². The molecule has 1 aliphatic carbocycles. The number of carbonyl (C=O) groups excluding carboxylic acids is 1. The van der Waals surface area contributed by atoms with Gasteiger partial charge in [-0.15, -0.1) is 0 Å². The summed E-state index contributed by atoms with van der Waals surface area (Å²) in [6.07, 6.45) is 5.45. The number of amides is 1. The van der Waals surface area contributed by atoms with E-state index in [0.717, 1.165) is 49.0 Å². The van der Waals surface area contributed by atoms with Gasteiger partial charge < -0.3 is 18.9 Å². The molecule has 188 valence electrons. The third-order valence-electron chi connectivity index (χ3n) is 7.20. The van der Waals surface area contributed by atoms with Gasteiger partial charge in [0.1, 0.15) is 11.4 Å². The van der Waals surface area contributed by atoms with E-state index < -0.39 is 5.60 Å². The molecule has 1 saturated heterocycles. The fourth-order valence-electron chi connectivity index (χ4n) is 5.56. The van der Waals surface area contributed by atoms with Crippen molar-refractivity contribution in [3.63, 3.8) is 0 Å². The molecule has 1 spiro atoms. The summed E-state index contributed by atoms with van der Waals surface area (Å²) in [5.74, 6) is 1.14. The van der Waals surface area contributed by atoms with Crippen molar-refractivity contribution in [2.24, 2.45) is 11.3 Å². The average molecular weight is 507 g/mol. The second-order valence-electron chi connectivity index (χ2n) is 11.0. The standard InChI is InChI=1S/C28H31ClN4O3/c1-27(2,18-35-23-9-6-21(29)7-10-23)16-33-17-28(36-26(33)34)12-4-5-20(14-28)15-32-19-31-24-11-8-22(30-3)13-25(24)32/h6-11,13,19-20H,4-5,12,14-18H2,1-2H3/t20-,28-/m0/s1. The van der Waals surface area contributed by atoms with Crippen molar-refractivity contribution in [3.8, 4) is 5.75 Å². The topological polar surface area (TPSA) is 61.0 Å². The Hall–Kier alpha value is -3.24. The Morgan fingerprint density at radius 2 is 2.08 bits per heavy atom. The number of hydrogen-bond donors (Lipinski definition) is 0. The van der Waals surface area contributed by atoms with Gasteiger partial charge >= 0.3 is 6.09 Å². The highest BCUT2D eigenvalue weighted by molar-refractivity contribution is 6.30. The summed E-state index contributed by atoms with van der Waals surface area (Å²) >= 11 is 5.96. The predicted molar refractivity (Wildman–Crippen MR) is 139 cm³/mol. The number of carbonyl (C=O) groups is 1. The Labute approximate surface area is 216 Å². The zero-order valence-corrected chi connectivity index (χ0v) is 21.5. The lowest BCUT2D eigenvalue weighted by molar-refractivity contribution is 0.00408. The first-order valence-corrected chi connectivity index (χ1v) is 12.8. The van der Waals surface area contributed by atoms with Gasteiger partial charge in [0, 0.05) is 23.5 Å². The SMILES string of the molecule is [C-]#[N+]c1ccc2ncn(C[C@H]3CCC[C@]4(C3)CN(CC(C)(C)COc3ccc(Cl)cc3)C(=O)O4)c2c1. The van der Waals surface area contributed by atoms with Crippen LogP contribution in [0, 0.1) is 17.9 Å². The summed E-state index contributed by atoms with van der Waals surface area (Å²) < 4.78 is 14.2. The van der Waals surface area contributed by atoms with Crippen LogP contribution in [0.15, 0.2) is 48.8 Å². The van der Waals surface area contributed by atoms with E-state index in [4.69, 9.17) is 27.6 Å². The van der Waals surface area contributed by atoms with Gasteiger partial charge in [-0.05, 0) is 68.0 Å². The summed E-state index contributed by atoms with van der Waals surface area (Å²) in [7, 11) is 0. The summed E-state index contributed by atoms with van der Waals surface area (Å²) in [5.41, 5.74) is 1.82. The first-order valence-electron chi connectivity index (χ1n) is 12.4. The summed E-state index contributed by atoms with van der Waals surface area (Å²) in [6, 6.07) is 12.9. The third kappa shape index (κ3) is 5.29. The van der Waals surface area contributed by atoms with Crippen LogP contribution in [0.25, 0.3) is 15.9 Å². The molecule has 36 heavy (non-hydrogen) atoms. The van der Waals surface area contributed by atoms with Crippen LogP contribution in [-0.2, 0) is 11.3 Å². The van der Waals surface area contributed by atoms with Gasteiger partial charge in [-0.25, -0.2) is 14.6 Å². The van der Waals surface area contributed by atoms with Gasteiger partial charge in [0.25, 0.3) is 0 Å².